The predicted octanol–water partition coefficient (Wildman–Crippen LogP) is 2.88. The normalized spacial score (nSPS) is 17.9. The van der Waals surface area contributed by atoms with Crippen molar-refractivity contribution >= 4 is 11.3 Å². The number of nitrogens with zero attached hydrogens (tertiary/aromatic N) is 1. The first-order valence-electron chi connectivity index (χ1n) is 6.30. The van der Waals surface area contributed by atoms with Crippen LogP contribution in [0, 0.1) is 0 Å². The van der Waals surface area contributed by atoms with E-state index in [0.717, 1.165) is 12.6 Å². The first-order chi connectivity index (χ1) is 7.81. The highest BCUT2D eigenvalue weighted by Crippen LogP contribution is 2.26. The van der Waals surface area contributed by atoms with Gasteiger partial charge in [0.05, 0.1) is 0 Å². The smallest absolute Gasteiger partial charge is 0.0300 e. The van der Waals surface area contributed by atoms with E-state index < -0.39 is 0 Å². The number of hydrogen-bond donors (Lipinski definition) is 1. The second-order valence-electron chi connectivity index (χ2n) is 4.59. The highest BCUT2D eigenvalue weighted by Gasteiger charge is 2.27. The Hall–Kier alpha value is -0.380. The van der Waals surface area contributed by atoms with E-state index in [4.69, 9.17) is 0 Å². The van der Waals surface area contributed by atoms with Crippen LogP contribution < -0.4 is 5.32 Å². The Morgan fingerprint density at radius 2 is 2.38 bits per heavy atom. The van der Waals surface area contributed by atoms with Crippen LogP contribution in [0.1, 0.15) is 38.3 Å². The molecule has 1 heterocycles. The van der Waals surface area contributed by atoms with Crippen molar-refractivity contribution in [2.75, 3.05) is 19.6 Å². The molecule has 1 aliphatic rings. The van der Waals surface area contributed by atoms with Gasteiger partial charge in [-0.25, -0.2) is 0 Å². The molecule has 0 amide bonds. The fraction of sp³-hybridized carbons (Fsp3) is 0.692. The van der Waals surface area contributed by atoms with Gasteiger partial charge in [0.15, 0.2) is 0 Å². The Kier molecular flexibility index (Phi) is 4.38. The SMILES string of the molecule is CCN(CCNC(C)c1ccsc1)C1CC1. The quantitative estimate of drug-likeness (QED) is 0.786. The molecular formula is C13H22N2S. The molecule has 1 aromatic heterocycles. The molecule has 1 unspecified atom stereocenters. The van der Waals surface area contributed by atoms with E-state index in [0.29, 0.717) is 6.04 Å². The Morgan fingerprint density at radius 3 is 2.94 bits per heavy atom. The van der Waals surface area contributed by atoms with Gasteiger partial charge in [-0.3, -0.25) is 4.90 Å². The van der Waals surface area contributed by atoms with Gasteiger partial charge in [-0.1, -0.05) is 6.92 Å². The summed E-state index contributed by atoms with van der Waals surface area (Å²) in [6.45, 7) is 7.99. The Balaban J connectivity index is 1.67. The van der Waals surface area contributed by atoms with Crippen LogP contribution in [0.2, 0.25) is 0 Å². The molecule has 0 aliphatic heterocycles. The van der Waals surface area contributed by atoms with Crippen LogP contribution >= 0.6 is 11.3 Å². The fourth-order valence-electron chi connectivity index (χ4n) is 2.10. The minimum Gasteiger partial charge on any atom is -0.309 e. The van der Waals surface area contributed by atoms with Crippen LogP contribution in [-0.4, -0.2) is 30.6 Å². The van der Waals surface area contributed by atoms with Crippen molar-refractivity contribution in [1.82, 2.24) is 10.2 Å². The van der Waals surface area contributed by atoms with Gasteiger partial charge in [-0.05, 0) is 48.7 Å². The zero-order valence-corrected chi connectivity index (χ0v) is 11.1. The molecular weight excluding hydrogens is 216 g/mol. The minimum absolute atomic E-state index is 0.490. The van der Waals surface area contributed by atoms with Crippen LogP contribution in [0.25, 0.3) is 0 Å². The third-order valence-corrected chi connectivity index (χ3v) is 4.06. The van der Waals surface area contributed by atoms with Crippen LogP contribution in [-0.2, 0) is 0 Å². The molecule has 16 heavy (non-hydrogen) atoms. The molecule has 1 fully saturated rings. The molecule has 0 radical (unpaired) electrons. The van der Waals surface area contributed by atoms with Gasteiger partial charge in [-0.2, -0.15) is 11.3 Å². The summed E-state index contributed by atoms with van der Waals surface area (Å²) in [7, 11) is 0. The lowest BCUT2D eigenvalue weighted by Crippen LogP contribution is -2.34. The van der Waals surface area contributed by atoms with Crippen molar-refractivity contribution < 1.29 is 0 Å². The van der Waals surface area contributed by atoms with Crippen molar-refractivity contribution in [2.45, 2.75) is 38.8 Å². The number of hydrogen-bond acceptors (Lipinski definition) is 3. The summed E-state index contributed by atoms with van der Waals surface area (Å²) in [5.74, 6) is 0. The molecule has 3 heteroatoms. The molecule has 2 rings (SSSR count). The van der Waals surface area contributed by atoms with E-state index in [1.807, 2.05) is 0 Å². The van der Waals surface area contributed by atoms with E-state index in [-0.39, 0.29) is 0 Å². The molecule has 1 aliphatic carbocycles. The lowest BCUT2D eigenvalue weighted by molar-refractivity contribution is 0.273. The van der Waals surface area contributed by atoms with Crippen LogP contribution in [0.4, 0.5) is 0 Å². The number of likely N-dealkylation sites (N-methyl/N-ethyl adjacent to an activating group) is 1. The standard InChI is InChI=1S/C13H22N2S/c1-3-15(13-4-5-13)8-7-14-11(2)12-6-9-16-10-12/h6,9-11,13-14H,3-5,7-8H2,1-2H3. The second kappa shape index (κ2) is 5.80. The number of thiophene rings is 1. The van der Waals surface area contributed by atoms with Gasteiger partial charge in [0.25, 0.3) is 0 Å². The molecule has 0 spiro atoms. The summed E-state index contributed by atoms with van der Waals surface area (Å²) in [5, 5.41) is 7.98. The third kappa shape index (κ3) is 3.30. The summed E-state index contributed by atoms with van der Waals surface area (Å²) >= 11 is 1.78. The fourth-order valence-corrected chi connectivity index (χ4v) is 2.86. The van der Waals surface area contributed by atoms with E-state index in [1.165, 1.54) is 31.5 Å². The van der Waals surface area contributed by atoms with Gasteiger partial charge in [0, 0.05) is 25.2 Å². The molecule has 0 saturated heterocycles. The zero-order valence-electron chi connectivity index (χ0n) is 10.3. The molecule has 0 bridgehead atoms. The van der Waals surface area contributed by atoms with Crippen molar-refractivity contribution in [1.29, 1.82) is 0 Å². The Bertz CT molecular complexity index is 293. The van der Waals surface area contributed by atoms with Crippen molar-refractivity contribution in [3.63, 3.8) is 0 Å². The highest BCUT2D eigenvalue weighted by atomic mass is 32.1. The third-order valence-electron chi connectivity index (χ3n) is 3.36. The van der Waals surface area contributed by atoms with Gasteiger partial charge in [0.2, 0.25) is 0 Å². The molecule has 1 saturated carbocycles. The maximum Gasteiger partial charge on any atom is 0.0300 e. The first kappa shape index (κ1) is 12.1. The largest absolute Gasteiger partial charge is 0.309 e. The van der Waals surface area contributed by atoms with E-state index in [1.54, 1.807) is 11.3 Å². The second-order valence-corrected chi connectivity index (χ2v) is 5.37. The summed E-state index contributed by atoms with van der Waals surface area (Å²) in [6.07, 6.45) is 2.82. The zero-order chi connectivity index (χ0) is 11.4. The molecule has 1 atom stereocenters. The van der Waals surface area contributed by atoms with Crippen molar-refractivity contribution in [2.24, 2.45) is 0 Å². The molecule has 2 nitrogen and oxygen atoms in total. The monoisotopic (exact) mass is 238 g/mol. The topological polar surface area (TPSA) is 15.3 Å². The Morgan fingerprint density at radius 1 is 1.56 bits per heavy atom. The van der Waals surface area contributed by atoms with Crippen LogP contribution in [0.15, 0.2) is 16.8 Å². The van der Waals surface area contributed by atoms with E-state index in [2.05, 4.69) is 40.9 Å². The molecule has 1 N–H and O–H groups in total. The highest BCUT2D eigenvalue weighted by molar-refractivity contribution is 7.07. The number of rotatable bonds is 7. The maximum absolute atomic E-state index is 3.60. The van der Waals surface area contributed by atoms with Crippen LogP contribution in [0.5, 0.6) is 0 Å². The first-order valence-corrected chi connectivity index (χ1v) is 7.25. The number of nitrogens with one attached hydrogen (secondary N) is 1. The molecule has 90 valence electrons. The van der Waals surface area contributed by atoms with Crippen molar-refractivity contribution in [3.8, 4) is 0 Å². The predicted molar refractivity (Wildman–Crippen MR) is 71.0 cm³/mol. The van der Waals surface area contributed by atoms with Crippen LogP contribution in [0.3, 0.4) is 0 Å². The molecule has 0 aromatic carbocycles. The van der Waals surface area contributed by atoms with Gasteiger partial charge in [0.1, 0.15) is 0 Å². The van der Waals surface area contributed by atoms with Crippen molar-refractivity contribution in [3.05, 3.63) is 22.4 Å². The molecule has 1 aromatic rings. The van der Waals surface area contributed by atoms with E-state index in [9.17, 15) is 0 Å². The minimum atomic E-state index is 0.490. The van der Waals surface area contributed by atoms with Gasteiger partial charge < -0.3 is 5.32 Å². The average Bonchev–Trinajstić information content (AvgIpc) is 2.97. The summed E-state index contributed by atoms with van der Waals surface area (Å²) < 4.78 is 0. The average molecular weight is 238 g/mol. The van der Waals surface area contributed by atoms with Gasteiger partial charge in [-0.15, -0.1) is 0 Å². The Labute approximate surface area is 103 Å². The summed E-state index contributed by atoms with van der Waals surface area (Å²) in [5.41, 5.74) is 1.42. The maximum atomic E-state index is 3.60. The lowest BCUT2D eigenvalue weighted by atomic mass is 10.2. The van der Waals surface area contributed by atoms with Gasteiger partial charge >= 0.3 is 0 Å². The summed E-state index contributed by atoms with van der Waals surface area (Å²) in [6, 6.07) is 3.59. The summed E-state index contributed by atoms with van der Waals surface area (Å²) in [4.78, 5) is 2.59. The lowest BCUT2D eigenvalue weighted by Gasteiger charge is -2.21. The van der Waals surface area contributed by atoms with E-state index >= 15 is 0 Å².